The lowest BCUT2D eigenvalue weighted by Crippen LogP contribution is -2.27. The second kappa shape index (κ2) is 8.60. The van der Waals surface area contributed by atoms with Gasteiger partial charge in [-0.05, 0) is 12.8 Å². The van der Waals surface area contributed by atoms with Crippen molar-refractivity contribution in [3.05, 3.63) is 0 Å². The number of hydrazone groups is 1. The monoisotopic (exact) mass is 224 g/mol. The Morgan fingerprint density at radius 3 is 2.38 bits per heavy atom. The van der Waals surface area contributed by atoms with Crippen LogP contribution >= 0.6 is 0 Å². The maximum Gasteiger partial charge on any atom is 0.0518 e. The van der Waals surface area contributed by atoms with Gasteiger partial charge in [-0.25, -0.2) is 0 Å². The lowest BCUT2D eigenvalue weighted by atomic mass is 9.92. The maximum atomic E-state index is 4.25. The van der Waals surface area contributed by atoms with E-state index in [1.165, 1.54) is 57.8 Å². The fourth-order valence-electron chi connectivity index (χ4n) is 2.41. The van der Waals surface area contributed by atoms with Crippen LogP contribution in [0.5, 0.6) is 0 Å². The summed E-state index contributed by atoms with van der Waals surface area (Å²) in [7, 11) is 0. The van der Waals surface area contributed by atoms with Gasteiger partial charge in [0, 0.05) is 12.1 Å². The summed E-state index contributed by atoms with van der Waals surface area (Å²) in [6.07, 6.45) is 14.3. The molecule has 16 heavy (non-hydrogen) atoms. The molecule has 0 aromatic carbocycles. The van der Waals surface area contributed by atoms with Gasteiger partial charge < -0.3 is 5.43 Å². The molecule has 0 aromatic heterocycles. The topological polar surface area (TPSA) is 24.4 Å². The Morgan fingerprint density at radius 1 is 0.938 bits per heavy atom. The molecule has 1 aliphatic rings. The van der Waals surface area contributed by atoms with Crippen molar-refractivity contribution in [1.82, 2.24) is 5.43 Å². The average molecular weight is 224 g/mol. The molecule has 1 N–H and O–H groups in total. The van der Waals surface area contributed by atoms with Crippen LogP contribution in [0.3, 0.4) is 0 Å². The maximum absolute atomic E-state index is 4.25. The number of nitrogens with zero attached hydrogens (tertiary/aromatic N) is 1. The van der Waals surface area contributed by atoms with Crippen molar-refractivity contribution >= 4 is 6.21 Å². The lowest BCUT2D eigenvalue weighted by molar-refractivity contribution is 0.403. The Morgan fingerprint density at radius 2 is 1.62 bits per heavy atom. The molecule has 1 rings (SSSR count). The van der Waals surface area contributed by atoms with Crippen LogP contribution in [0.4, 0.5) is 0 Å². The van der Waals surface area contributed by atoms with Crippen LogP contribution < -0.4 is 5.43 Å². The Hall–Kier alpha value is -0.530. The minimum Gasteiger partial charge on any atom is -0.307 e. The SMILES string of the molecule is CCCCCCC1NN=CC1CCCCC. The zero-order valence-corrected chi connectivity index (χ0v) is 11.0. The summed E-state index contributed by atoms with van der Waals surface area (Å²) < 4.78 is 0. The first-order valence-electron chi connectivity index (χ1n) is 7.17. The number of nitrogens with one attached hydrogen (secondary N) is 1. The molecule has 1 aliphatic heterocycles. The van der Waals surface area contributed by atoms with Crippen LogP contribution in [-0.4, -0.2) is 12.3 Å². The molecule has 2 atom stereocenters. The Kier molecular flexibility index (Phi) is 7.28. The van der Waals surface area contributed by atoms with Crippen LogP contribution in [0.2, 0.25) is 0 Å². The van der Waals surface area contributed by atoms with Gasteiger partial charge in [-0.1, -0.05) is 58.8 Å². The molecule has 0 amide bonds. The Balaban J connectivity index is 2.10. The highest BCUT2D eigenvalue weighted by molar-refractivity contribution is 5.63. The van der Waals surface area contributed by atoms with Crippen molar-refractivity contribution in [1.29, 1.82) is 0 Å². The largest absolute Gasteiger partial charge is 0.307 e. The molecule has 0 fully saturated rings. The van der Waals surface area contributed by atoms with Crippen molar-refractivity contribution in [2.75, 3.05) is 0 Å². The van der Waals surface area contributed by atoms with E-state index in [0.29, 0.717) is 12.0 Å². The summed E-state index contributed by atoms with van der Waals surface area (Å²) >= 11 is 0. The normalized spacial score (nSPS) is 23.6. The molecule has 0 aliphatic carbocycles. The fourth-order valence-corrected chi connectivity index (χ4v) is 2.41. The van der Waals surface area contributed by atoms with E-state index < -0.39 is 0 Å². The summed E-state index contributed by atoms with van der Waals surface area (Å²) in [4.78, 5) is 0. The molecular weight excluding hydrogens is 196 g/mol. The molecule has 0 aromatic rings. The van der Waals surface area contributed by atoms with E-state index in [2.05, 4.69) is 30.6 Å². The molecule has 0 spiro atoms. The molecule has 0 saturated carbocycles. The number of unbranched alkanes of at least 4 members (excludes halogenated alkanes) is 5. The zero-order valence-electron chi connectivity index (χ0n) is 11.0. The fraction of sp³-hybridized carbons (Fsp3) is 0.929. The van der Waals surface area contributed by atoms with Crippen molar-refractivity contribution in [2.24, 2.45) is 11.0 Å². The minimum atomic E-state index is 0.633. The standard InChI is InChI=1S/C14H28N2/c1-3-5-7-9-11-14-13(12-15-16-14)10-8-6-4-2/h12-14,16H,3-11H2,1-2H3. The third-order valence-corrected chi connectivity index (χ3v) is 3.53. The predicted molar refractivity (Wildman–Crippen MR) is 71.8 cm³/mol. The van der Waals surface area contributed by atoms with Crippen molar-refractivity contribution in [3.63, 3.8) is 0 Å². The Bertz CT molecular complexity index is 189. The third kappa shape index (κ3) is 5.00. The van der Waals surface area contributed by atoms with Gasteiger partial charge in [0.15, 0.2) is 0 Å². The lowest BCUT2D eigenvalue weighted by Gasteiger charge is -2.17. The Labute approximate surface area is 101 Å². The van der Waals surface area contributed by atoms with Gasteiger partial charge in [0.1, 0.15) is 0 Å². The van der Waals surface area contributed by atoms with Crippen LogP contribution in [0.15, 0.2) is 5.10 Å². The predicted octanol–water partition coefficient (Wildman–Crippen LogP) is 4.11. The first-order valence-corrected chi connectivity index (χ1v) is 7.17. The summed E-state index contributed by atoms with van der Waals surface area (Å²) in [6.45, 7) is 4.54. The first kappa shape index (κ1) is 13.5. The summed E-state index contributed by atoms with van der Waals surface area (Å²) in [5.41, 5.74) is 3.28. The summed E-state index contributed by atoms with van der Waals surface area (Å²) in [6, 6.07) is 0.633. The van der Waals surface area contributed by atoms with E-state index in [1.807, 2.05) is 0 Å². The van der Waals surface area contributed by atoms with Gasteiger partial charge in [0.25, 0.3) is 0 Å². The second-order valence-corrected chi connectivity index (χ2v) is 5.02. The van der Waals surface area contributed by atoms with Crippen LogP contribution in [0.25, 0.3) is 0 Å². The third-order valence-electron chi connectivity index (χ3n) is 3.53. The average Bonchev–Trinajstić information content (AvgIpc) is 2.73. The van der Waals surface area contributed by atoms with E-state index in [-0.39, 0.29) is 0 Å². The number of hydrogen-bond donors (Lipinski definition) is 1. The number of rotatable bonds is 9. The molecular formula is C14H28N2. The highest BCUT2D eigenvalue weighted by Gasteiger charge is 2.22. The van der Waals surface area contributed by atoms with Gasteiger partial charge >= 0.3 is 0 Å². The molecule has 1 heterocycles. The van der Waals surface area contributed by atoms with Crippen LogP contribution in [-0.2, 0) is 0 Å². The van der Waals surface area contributed by atoms with E-state index in [4.69, 9.17) is 0 Å². The zero-order chi connectivity index (χ0) is 11.6. The van der Waals surface area contributed by atoms with Crippen molar-refractivity contribution < 1.29 is 0 Å². The molecule has 0 bridgehead atoms. The van der Waals surface area contributed by atoms with Crippen molar-refractivity contribution in [3.8, 4) is 0 Å². The molecule has 94 valence electrons. The summed E-state index contributed by atoms with van der Waals surface area (Å²) in [5, 5.41) is 4.25. The molecule has 2 unspecified atom stereocenters. The number of hydrogen-bond acceptors (Lipinski definition) is 2. The highest BCUT2D eigenvalue weighted by atomic mass is 15.3. The van der Waals surface area contributed by atoms with E-state index in [9.17, 15) is 0 Å². The molecule has 0 radical (unpaired) electrons. The highest BCUT2D eigenvalue weighted by Crippen LogP contribution is 2.20. The summed E-state index contributed by atoms with van der Waals surface area (Å²) in [5.74, 6) is 0.702. The van der Waals surface area contributed by atoms with Gasteiger partial charge in [-0.3, -0.25) is 0 Å². The van der Waals surface area contributed by atoms with Crippen LogP contribution in [0.1, 0.15) is 71.6 Å². The van der Waals surface area contributed by atoms with Gasteiger partial charge in [-0.15, -0.1) is 0 Å². The van der Waals surface area contributed by atoms with Gasteiger partial charge in [0.2, 0.25) is 0 Å². The van der Waals surface area contributed by atoms with E-state index in [0.717, 1.165) is 0 Å². The first-order chi connectivity index (χ1) is 7.88. The van der Waals surface area contributed by atoms with Crippen LogP contribution in [0, 0.1) is 5.92 Å². The smallest absolute Gasteiger partial charge is 0.0518 e. The minimum absolute atomic E-state index is 0.633. The molecule has 2 heteroatoms. The quantitative estimate of drug-likeness (QED) is 0.586. The van der Waals surface area contributed by atoms with Gasteiger partial charge in [0.05, 0.1) is 6.04 Å². The van der Waals surface area contributed by atoms with Crippen molar-refractivity contribution in [2.45, 2.75) is 77.7 Å². The van der Waals surface area contributed by atoms with E-state index >= 15 is 0 Å². The van der Waals surface area contributed by atoms with Gasteiger partial charge in [-0.2, -0.15) is 5.10 Å². The molecule has 0 saturated heterocycles. The second-order valence-electron chi connectivity index (χ2n) is 5.02. The molecule has 2 nitrogen and oxygen atoms in total. The van der Waals surface area contributed by atoms with E-state index in [1.54, 1.807) is 0 Å².